The van der Waals surface area contributed by atoms with Gasteiger partial charge in [0.05, 0.1) is 0 Å². The first kappa shape index (κ1) is 8.52. The number of carbonyl (C=O) groups excluding carboxylic acids is 1. The molecule has 0 unspecified atom stereocenters. The summed E-state index contributed by atoms with van der Waals surface area (Å²) in [5, 5.41) is 0. The molecule has 0 radical (unpaired) electrons. The van der Waals surface area contributed by atoms with Crippen molar-refractivity contribution in [2.24, 2.45) is 5.73 Å². The normalized spacial score (nSPS) is 9.50. The molecule has 0 saturated heterocycles. The van der Waals surface area contributed by atoms with Crippen molar-refractivity contribution < 1.29 is 9.36 Å². The highest BCUT2D eigenvalue weighted by Crippen LogP contribution is 2.05. The summed E-state index contributed by atoms with van der Waals surface area (Å²) in [6.45, 7) is 0. The van der Waals surface area contributed by atoms with Gasteiger partial charge in [-0.05, 0) is 0 Å². The molecule has 1 rings (SSSR count). The standard InChI is InChI=1S/C8H11N3O/c1-10(2)7-3-5-11(6-4-7)8(9)12/h3-6H,1-2H3,(H-,9,12)/p+1. The average Bonchev–Trinajstić information content (AvgIpc) is 2.04. The molecule has 1 amide bonds. The second kappa shape index (κ2) is 3.21. The molecule has 1 heterocycles. The van der Waals surface area contributed by atoms with E-state index in [1.165, 1.54) is 4.57 Å². The lowest BCUT2D eigenvalue weighted by molar-refractivity contribution is -0.569. The first-order valence-corrected chi connectivity index (χ1v) is 3.59. The van der Waals surface area contributed by atoms with E-state index in [4.69, 9.17) is 5.73 Å². The van der Waals surface area contributed by atoms with Crippen molar-refractivity contribution in [3.63, 3.8) is 0 Å². The number of aromatic nitrogens is 1. The summed E-state index contributed by atoms with van der Waals surface area (Å²) >= 11 is 0. The highest BCUT2D eigenvalue weighted by atomic mass is 16.2. The first-order valence-electron chi connectivity index (χ1n) is 3.59. The first-order chi connectivity index (χ1) is 5.61. The van der Waals surface area contributed by atoms with Gasteiger partial charge in [0.15, 0.2) is 0 Å². The zero-order valence-electron chi connectivity index (χ0n) is 7.19. The van der Waals surface area contributed by atoms with Crippen LogP contribution in [0.15, 0.2) is 24.5 Å². The van der Waals surface area contributed by atoms with Gasteiger partial charge in [-0.25, -0.2) is 0 Å². The fourth-order valence-electron chi connectivity index (χ4n) is 0.864. The van der Waals surface area contributed by atoms with Gasteiger partial charge in [0.2, 0.25) is 0 Å². The Labute approximate surface area is 71.2 Å². The molecular formula is C8H12N3O+. The number of amides is 1. The van der Waals surface area contributed by atoms with Crippen molar-refractivity contribution in [1.29, 1.82) is 0 Å². The molecule has 2 N–H and O–H groups in total. The van der Waals surface area contributed by atoms with Gasteiger partial charge >= 0.3 is 6.03 Å². The van der Waals surface area contributed by atoms with E-state index in [2.05, 4.69) is 0 Å². The molecular weight excluding hydrogens is 154 g/mol. The molecule has 0 saturated carbocycles. The van der Waals surface area contributed by atoms with Crippen LogP contribution in [0.4, 0.5) is 10.5 Å². The van der Waals surface area contributed by atoms with Gasteiger partial charge in [-0.2, -0.15) is 9.36 Å². The van der Waals surface area contributed by atoms with Crippen LogP contribution in [0.3, 0.4) is 0 Å². The minimum atomic E-state index is -0.472. The summed E-state index contributed by atoms with van der Waals surface area (Å²) in [4.78, 5) is 12.6. The summed E-state index contributed by atoms with van der Waals surface area (Å²) in [6, 6.07) is 3.18. The zero-order chi connectivity index (χ0) is 9.14. The van der Waals surface area contributed by atoms with Crippen LogP contribution in [0.1, 0.15) is 0 Å². The Hall–Kier alpha value is -1.58. The zero-order valence-corrected chi connectivity index (χ0v) is 7.19. The lowest BCUT2D eigenvalue weighted by atomic mass is 10.4. The number of primary amides is 1. The van der Waals surface area contributed by atoms with Crippen molar-refractivity contribution >= 4 is 11.7 Å². The molecule has 4 nitrogen and oxygen atoms in total. The Kier molecular flexibility index (Phi) is 2.28. The third-order valence-electron chi connectivity index (χ3n) is 1.58. The van der Waals surface area contributed by atoms with Gasteiger partial charge in [0.25, 0.3) is 0 Å². The number of rotatable bonds is 1. The highest BCUT2D eigenvalue weighted by Gasteiger charge is 2.04. The molecule has 0 aliphatic heterocycles. The Morgan fingerprint density at radius 2 is 1.92 bits per heavy atom. The molecule has 1 aromatic rings. The number of anilines is 1. The van der Waals surface area contributed by atoms with Crippen molar-refractivity contribution in [3.8, 4) is 0 Å². The SMILES string of the molecule is CN(C)c1cc[n+](C(N)=O)cc1. The van der Waals surface area contributed by atoms with E-state index in [1.54, 1.807) is 12.4 Å². The van der Waals surface area contributed by atoms with E-state index in [1.807, 2.05) is 31.1 Å². The second-order valence-corrected chi connectivity index (χ2v) is 2.70. The largest absolute Gasteiger partial charge is 0.493 e. The van der Waals surface area contributed by atoms with Gasteiger partial charge in [-0.3, -0.25) is 5.73 Å². The fraction of sp³-hybridized carbons (Fsp3) is 0.250. The van der Waals surface area contributed by atoms with Gasteiger partial charge < -0.3 is 4.90 Å². The maximum absolute atomic E-state index is 10.7. The van der Waals surface area contributed by atoms with Gasteiger partial charge in [-0.1, -0.05) is 0 Å². The van der Waals surface area contributed by atoms with Crippen LogP contribution in [0.5, 0.6) is 0 Å². The van der Waals surface area contributed by atoms with Crippen LogP contribution in [0.25, 0.3) is 0 Å². The molecule has 0 spiro atoms. The van der Waals surface area contributed by atoms with E-state index < -0.39 is 6.03 Å². The molecule has 12 heavy (non-hydrogen) atoms. The minimum Gasteiger partial charge on any atom is -0.377 e. The summed E-state index contributed by atoms with van der Waals surface area (Å²) in [7, 11) is 3.87. The minimum absolute atomic E-state index is 0.472. The molecule has 0 aliphatic carbocycles. The summed E-state index contributed by atoms with van der Waals surface area (Å²) in [6.07, 6.45) is 3.27. The van der Waals surface area contributed by atoms with Crippen LogP contribution in [0.2, 0.25) is 0 Å². The van der Waals surface area contributed by atoms with Crippen molar-refractivity contribution in [1.82, 2.24) is 0 Å². The van der Waals surface area contributed by atoms with Crippen molar-refractivity contribution in [2.45, 2.75) is 0 Å². The van der Waals surface area contributed by atoms with Crippen LogP contribution < -0.4 is 15.2 Å². The number of nitrogens with zero attached hydrogens (tertiary/aromatic N) is 2. The smallest absolute Gasteiger partial charge is 0.377 e. The van der Waals surface area contributed by atoms with Gasteiger partial charge in [0.1, 0.15) is 12.4 Å². The fourth-order valence-corrected chi connectivity index (χ4v) is 0.864. The summed E-state index contributed by atoms with van der Waals surface area (Å²) < 4.78 is 1.33. The third kappa shape index (κ3) is 1.72. The Morgan fingerprint density at radius 3 is 2.25 bits per heavy atom. The highest BCUT2D eigenvalue weighted by molar-refractivity contribution is 5.61. The number of hydrogen-bond acceptors (Lipinski definition) is 2. The summed E-state index contributed by atoms with van der Waals surface area (Å²) in [5.41, 5.74) is 6.09. The van der Waals surface area contributed by atoms with Crippen LogP contribution in [-0.4, -0.2) is 20.1 Å². The van der Waals surface area contributed by atoms with Crippen molar-refractivity contribution in [3.05, 3.63) is 24.5 Å². The van der Waals surface area contributed by atoms with E-state index in [-0.39, 0.29) is 0 Å². The van der Waals surface area contributed by atoms with Gasteiger partial charge in [0, 0.05) is 31.9 Å². The van der Waals surface area contributed by atoms with E-state index in [9.17, 15) is 4.79 Å². The lowest BCUT2D eigenvalue weighted by Gasteiger charge is -2.10. The quantitative estimate of drug-likeness (QED) is 0.595. The Bertz CT molecular complexity index is 279. The Morgan fingerprint density at radius 1 is 1.42 bits per heavy atom. The molecule has 0 bridgehead atoms. The number of pyridine rings is 1. The number of hydrogen-bond donors (Lipinski definition) is 1. The molecule has 1 aromatic heterocycles. The van der Waals surface area contributed by atoms with E-state index in [0.29, 0.717) is 0 Å². The van der Waals surface area contributed by atoms with E-state index >= 15 is 0 Å². The van der Waals surface area contributed by atoms with Crippen LogP contribution in [0, 0.1) is 0 Å². The van der Waals surface area contributed by atoms with Crippen molar-refractivity contribution in [2.75, 3.05) is 19.0 Å². The Balaban J connectivity index is 2.93. The molecule has 0 fully saturated rings. The predicted molar refractivity (Wildman–Crippen MR) is 45.9 cm³/mol. The maximum atomic E-state index is 10.7. The monoisotopic (exact) mass is 166 g/mol. The lowest BCUT2D eigenvalue weighted by Crippen LogP contribution is -2.46. The van der Waals surface area contributed by atoms with Crippen LogP contribution >= 0.6 is 0 Å². The van der Waals surface area contributed by atoms with Crippen LogP contribution in [-0.2, 0) is 0 Å². The third-order valence-corrected chi connectivity index (χ3v) is 1.58. The average molecular weight is 166 g/mol. The van der Waals surface area contributed by atoms with E-state index in [0.717, 1.165) is 5.69 Å². The molecule has 4 heteroatoms. The summed E-state index contributed by atoms with van der Waals surface area (Å²) in [5.74, 6) is 0. The molecule has 64 valence electrons. The predicted octanol–water partition coefficient (Wildman–Crippen LogP) is -0.0331. The molecule has 0 aliphatic rings. The maximum Gasteiger partial charge on any atom is 0.493 e. The van der Waals surface area contributed by atoms with Gasteiger partial charge in [-0.15, -0.1) is 0 Å². The number of nitrogens with two attached hydrogens (primary N) is 1. The topological polar surface area (TPSA) is 50.2 Å². The number of carbonyl (C=O) groups is 1. The second-order valence-electron chi connectivity index (χ2n) is 2.70. The molecule has 0 aromatic carbocycles. The molecule has 0 atom stereocenters.